The molecule has 0 saturated carbocycles. The molecule has 132 valence electrons. The van der Waals surface area contributed by atoms with Crippen LogP contribution in [0.5, 0.6) is 0 Å². The number of hydrogen-bond donors (Lipinski definition) is 1. The lowest BCUT2D eigenvalue weighted by Crippen LogP contribution is -2.16. The molecule has 1 aromatic heterocycles. The average molecular weight is 365 g/mol. The highest BCUT2D eigenvalue weighted by Crippen LogP contribution is 2.22. The number of amides is 2. The third kappa shape index (κ3) is 3.81. The van der Waals surface area contributed by atoms with Crippen LogP contribution in [0.15, 0.2) is 60.1 Å². The van der Waals surface area contributed by atoms with E-state index >= 15 is 0 Å². The molecule has 2 amide bonds. The first-order valence-electron chi connectivity index (χ1n) is 8.15. The summed E-state index contributed by atoms with van der Waals surface area (Å²) >= 11 is 1.41. The number of hydrogen-bond acceptors (Lipinski definition) is 3. The van der Waals surface area contributed by atoms with Gasteiger partial charge in [-0.05, 0) is 37.3 Å². The minimum Gasteiger partial charge on any atom is -0.326 e. The summed E-state index contributed by atoms with van der Waals surface area (Å²) in [6.45, 7) is 7.77. The largest absolute Gasteiger partial charge is 0.326 e. The second-order valence-corrected chi connectivity index (χ2v) is 6.94. The summed E-state index contributed by atoms with van der Waals surface area (Å²) < 4.78 is 2.88. The highest BCUT2D eigenvalue weighted by Gasteiger charge is 2.09. The van der Waals surface area contributed by atoms with E-state index in [2.05, 4.69) is 16.9 Å². The maximum absolute atomic E-state index is 12.5. The SMILES string of the molecule is C=CCn1c(=NC(=O)c2ccc(C)cc2)sc2cc(NC(C)=O)ccc21. The zero-order chi connectivity index (χ0) is 18.7. The quantitative estimate of drug-likeness (QED) is 0.713. The van der Waals surface area contributed by atoms with Crippen LogP contribution in [0.1, 0.15) is 22.8 Å². The summed E-state index contributed by atoms with van der Waals surface area (Å²) in [4.78, 5) is 28.7. The van der Waals surface area contributed by atoms with Crippen LogP contribution in [0.3, 0.4) is 0 Å². The summed E-state index contributed by atoms with van der Waals surface area (Å²) in [6, 6.07) is 13.0. The van der Waals surface area contributed by atoms with Crippen molar-refractivity contribution in [2.45, 2.75) is 20.4 Å². The van der Waals surface area contributed by atoms with Gasteiger partial charge in [-0.15, -0.1) is 6.58 Å². The Balaban J connectivity index is 2.09. The van der Waals surface area contributed by atoms with E-state index in [-0.39, 0.29) is 11.8 Å². The lowest BCUT2D eigenvalue weighted by atomic mass is 10.1. The molecule has 0 spiro atoms. The van der Waals surface area contributed by atoms with Crippen LogP contribution in [0, 0.1) is 6.92 Å². The van der Waals surface area contributed by atoms with E-state index in [0.717, 1.165) is 15.8 Å². The Morgan fingerprint density at radius 1 is 1.23 bits per heavy atom. The van der Waals surface area contributed by atoms with E-state index < -0.39 is 0 Å². The monoisotopic (exact) mass is 365 g/mol. The van der Waals surface area contributed by atoms with Crippen LogP contribution in [0.4, 0.5) is 5.69 Å². The Bertz CT molecular complexity index is 1060. The first-order valence-corrected chi connectivity index (χ1v) is 8.97. The van der Waals surface area contributed by atoms with Gasteiger partial charge in [-0.2, -0.15) is 4.99 Å². The van der Waals surface area contributed by atoms with Gasteiger partial charge in [0.1, 0.15) is 0 Å². The maximum Gasteiger partial charge on any atom is 0.279 e. The van der Waals surface area contributed by atoms with E-state index in [1.165, 1.54) is 18.3 Å². The predicted molar refractivity (Wildman–Crippen MR) is 105 cm³/mol. The lowest BCUT2D eigenvalue weighted by molar-refractivity contribution is -0.114. The third-order valence-electron chi connectivity index (χ3n) is 3.81. The molecule has 0 bridgehead atoms. The number of nitrogens with one attached hydrogen (secondary N) is 1. The number of anilines is 1. The number of nitrogens with zero attached hydrogens (tertiary/aromatic N) is 2. The second kappa shape index (κ2) is 7.49. The first-order chi connectivity index (χ1) is 12.5. The number of carbonyl (C=O) groups excluding carboxylic acids is 2. The number of allylic oxidation sites excluding steroid dienone is 1. The van der Waals surface area contributed by atoms with Crippen molar-refractivity contribution >= 4 is 39.1 Å². The van der Waals surface area contributed by atoms with Crippen molar-refractivity contribution in [3.63, 3.8) is 0 Å². The average Bonchev–Trinajstić information content (AvgIpc) is 2.92. The molecule has 0 aliphatic carbocycles. The van der Waals surface area contributed by atoms with Gasteiger partial charge in [0, 0.05) is 24.7 Å². The van der Waals surface area contributed by atoms with Crippen molar-refractivity contribution in [1.29, 1.82) is 0 Å². The molecule has 3 aromatic rings. The van der Waals surface area contributed by atoms with Crippen LogP contribution in [-0.4, -0.2) is 16.4 Å². The molecule has 5 nitrogen and oxygen atoms in total. The molecule has 2 aromatic carbocycles. The molecule has 3 rings (SSSR count). The Hall–Kier alpha value is -2.99. The van der Waals surface area contributed by atoms with E-state index in [9.17, 15) is 9.59 Å². The normalized spacial score (nSPS) is 11.5. The zero-order valence-electron chi connectivity index (χ0n) is 14.7. The van der Waals surface area contributed by atoms with Gasteiger partial charge >= 0.3 is 0 Å². The van der Waals surface area contributed by atoms with Gasteiger partial charge in [0.25, 0.3) is 5.91 Å². The number of carbonyl (C=O) groups is 2. The molecule has 26 heavy (non-hydrogen) atoms. The number of thiazole rings is 1. The molecule has 0 unspecified atom stereocenters. The summed E-state index contributed by atoms with van der Waals surface area (Å²) in [5, 5.41) is 2.77. The summed E-state index contributed by atoms with van der Waals surface area (Å²) in [5.41, 5.74) is 3.31. The molecular weight excluding hydrogens is 346 g/mol. The van der Waals surface area contributed by atoms with Crippen molar-refractivity contribution in [3.8, 4) is 0 Å². The summed E-state index contributed by atoms with van der Waals surface area (Å²) in [5.74, 6) is -0.407. The minimum absolute atomic E-state index is 0.126. The number of aromatic nitrogens is 1. The molecule has 0 saturated heterocycles. The van der Waals surface area contributed by atoms with Gasteiger partial charge in [0.15, 0.2) is 4.80 Å². The predicted octanol–water partition coefficient (Wildman–Crippen LogP) is 3.90. The van der Waals surface area contributed by atoms with E-state index in [1.807, 2.05) is 41.8 Å². The lowest BCUT2D eigenvalue weighted by Gasteiger charge is -2.03. The smallest absolute Gasteiger partial charge is 0.279 e. The van der Waals surface area contributed by atoms with Crippen LogP contribution in [0.25, 0.3) is 10.2 Å². The standard InChI is InChI=1S/C20H19N3O2S/c1-4-11-23-17-10-9-16(21-14(3)24)12-18(17)26-20(23)22-19(25)15-7-5-13(2)6-8-15/h4-10,12H,1,11H2,2-3H3,(H,21,24). The highest BCUT2D eigenvalue weighted by atomic mass is 32.1. The van der Waals surface area contributed by atoms with E-state index in [0.29, 0.717) is 22.6 Å². The van der Waals surface area contributed by atoms with E-state index in [1.54, 1.807) is 18.2 Å². The molecule has 0 fully saturated rings. The van der Waals surface area contributed by atoms with Gasteiger partial charge in [-0.25, -0.2) is 0 Å². The van der Waals surface area contributed by atoms with Crippen molar-refractivity contribution in [1.82, 2.24) is 4.57 Å². The first kappa shape index (κ1) is 17.8. The van der Waals surface area contributed by atoms with Crippen molar-refractivity contribution in [2.75, 3.05) is 5.32 Å². The minimum atomic E-state index is -0.281. The molecule has 0 aliphatic rings. The van der Waals surface area contributed by atoms with Crippen LogP contribution in [-0.2, 0) is 11.3 Å². The fourth-order valence-electron chi connectivity index (χ4n) is 2.59. The summed E-state index contributed by atoms with van der Waals surface area (Å²) in [7, 11) is 0. The summed E-state index contributed by atoms with van der Waals surface area (Å²) in [6.07, 6.45) is 1.77. The van der Waals surface area contributed by atoms with Gasteiger partial charge in [0.05, 0.1) is 10.2 Å². The van der Waals surface area contributed by atoms with Crippen LogP contribution < -0.4 is 10.1 Å². The topological polar surface area (TPSA) is 63.5 Å². The molecule has 1 N–H and O–H groups in total. The molecule has 1 heterocycles. The van der Waals surface area contributed by atoms with Crippen molar-refractivity contribution in [3.05, 3.63) is 71.0 Å². The Kier molecular flexibility index (Phi) is 5.14. The highest BCUT2D eigenvalue weighted by molar-refractivity contribution is 7.16. The molecule has 0 aliphatic heterocycles. The zero-order valence-corrected chi connectivity index (χ0v) is 15.5. The Labute approximate surface area is 155 Å². The van der Waals surface area contributed by atoms with Crippen LogP contribution in [0.2, 0.25) is 0 Å². The maximum atomic E-state index is 12.5. The molecular formula is C20H19N3O2S. The van der Waals surface area contributed by atoms with Gasteiger partial charge in [-0.3, -0.25) is 9.59 Å². The van der Waals surface area contributed by atoms with Gasteiger partial charge in [-0.1, -0.05) is 35.1 Å². The van der Waals surface area contributed by atoms with Crippen molar-refractivity contribution < 1.29 is 9.59 Å². The second-order valence-electron chi connectivity index (χ2n) is 5.93. The fraction of sp³-hybridized carbons (Fsp3) is 0.150. The molecule has 0 atom stereocenters. The Morgan fingerprint density at radius 3 is 2.62 bits per heavy atom. The number of aryl methyl sites for hydroxylation is 1. The van der Waals surface area contributed by atoms with E-state index in [4.69, 9.17) is 0 Å². The number of fused-ring (bicyclic) bond motifs is 1. The fourth-order valence-corrected chi connectivity index (χ4v) is 3.67. The molecule has 6 heteroatoms. The number of rotatable bonds is 4. The Morgan fingerprint density at radius 2 is 1.96 bits per heavy atom. The van der Waals surface area contributed by atoms with Gasteiger partial charge in [0.2, 0.25) is 5.91 Å². The van der Waals surface area contributed by atoms with Crippen LogP contribution >= 0.6 is 11.3 Å². The molecule has 0 radical (unpaired) electrons. The van der Waals surface area contributed by atoms with Crippen molar-refractivity contribution in [2.24, 2.45) is 4.99 Å². The van der Waals surface area contributed by atoms with Gasteiger partial charge < -0.3 is 9.88 Å². The third-order valence-corrected chi connectivity index (χ3v) is 4.85. The number of benzene rings is 2.